The first kappa shape index (κ1) is 12.8. The highest BCUT2D eigenvalue weighted by molar-refractivity contribution is 6.28. The number of nitrogens with zero attached hydrogens (tertiary/aromatic N) is 4. The molecule has 2 aromatic rings. The minimum Gasteiger partial charge on any atom is -0.347 e. The molecule has 0 fully saturated rings. The zero-order valence-corrected chi connectivity index (χ0v) is 11.7. The molecule has 0 amide bonds. The summed E-state index contributed by atoms with van der Waals surface area (Å²) in [6.45, 7) is 4.14. The lowest BCUT2D eigenvalue weighted by molar-refractivity contribution is 0.961. The third-order valence-electron chi connectivity index (χ3n) is 2.76. The molecule has 1 aromatic heterocycles. The van der Waals surface area contributed by atoms with Crippen LogP contribution in [0.5, 0.6) is 0 Å². The van der Waals surface area contributed by atoms with Crippen LogP contribution in [0.15, 0.2) is 18.2 Å². The van der Waals surface area contributed by atoms with Gasteiger partial charge in [0.2, 0.25) is 11.2 Å². The van der Waals surface area contributed by atoms with Crippen molar-refractivity contribution in [2.75, 3.05) is 19.0 Å². The average Bonchev–Trinajstić information content (AvgIpc) is 2.31. The molecule has 5 heteroatoms. The first-order chi connectivity index (χ1) is 8.47. The molecule has 0 bridgehead atoms. The van der Waals surface area contributed by atoms with Crippen LogP contribution in [0.4, 0.5) is 5.95 Å². The Morgan fingerprint density at radius 3 is 2.33 bits per heavy atom. The van der Waals surface area contributed by atoms with Crippen molar-refractivity contribution in [2.24, 2.45) is 0 Å². The minimum absolute atomic E-state index is 0.210. The molecule has 1 heterocycles. The fourth-order valence-electron chi connectivity index (χ4n) is 1.55. The van der Waals surface area contributed by atoms with Gasteiger partial charge in [-0.3, -0.25) is 0 Å². The molecule has 2 rings (SSSR count). The second-order valence-corrected chi connectivity index (χ2v) is 4.76. The quantitative estimate of drug-likeness (QED) is 0.835. The van der Waals surface area contributed by atoms with Crippen molar-refractivity contribution in [3.05, 3.63) is 34.6 Å². The number of hydrogen-bond acceptors (Lipinski definition) is 4. The van der Waals surface area contributed by atoms with Crippen molar-refractivity contribution in [3.8, 4) is 11.4 Å². The van der Waals surface area contributed by atoms with Gasteiger partial charge in [0.1, 0.15) is 0 Å². The topological polar surface area (TPSA) is 41.9 Å². The first-order valence-corrected chi connectivity index (χ1v) is 6.01. The molecule has 4 nitrogen and oxygen atoms in total. The van der Waals surface area contributed by atoms with Crippen molar-refractivity contribution < 1.29 is 0 Å². The van der Waals surface area contributed by atoms with Crippen LogP contribution >= 0.6 is 11.6 Å². The molecule has 0 aliphatic carbocycles. The number of benzene rings is 1. The lowest BCUT2D eigenvalue weighted by Crippen LogP contribution is -2.14. The predicted molar refractivity (Wildman–Crippen MR) is 74.1 cm³/mol. The van der Waals surface area contributed by atoms with Gasteiger partial charge in [-0.1, -0.05) is 12.1 Å². The number of anilines is 1. The van der Waals surface area contributed by atoms with E-state index in [4.69, 9.17) is 11.6 Å². The minimum atomic E-state index is 0.210. The smallest absolute Gasteiger partial charge is 0.229 e. The number of aromatic nitrogens is 3. The van der Waals surface area contributed by atoms with Gasteiger partial charge in [0, 0.05) is 19.7 Å². The van der Waals surface area contributed by atoms with Crippen molar-refractivity contribution in [3.63, 3.8) is 0 Å². The van der Waals surface area contributed by atoms with Crippen LogP contribution < -0.4 is 4.90 Å². The van der Waals surface area contributed by atoms with Crippen LogP contribution in [0.3, 0.4) is 0 Å². The second-order valence-electron chi connectivity index (χ2n) is 4.42. The molecule has 0 unspecified atom stereocenters. The van der Waals surface area contributed by atoms with E-state index >= 15 is 0 Å². The lowest BCUT2D eigenvalue weighted by Gasteiger charge is -2.11. The Kier molecular flexibility index (Phi) is 3.48. The zero-order valence-electron chi connectivity index (χ0n) is 10.9. The van der Waals surface area contributed by atoms with Crippen LogP contribution in [0.1, 0.15) is 11.1 Å². The standard InChI is InChI=1S/C13H15ClN4/c1-8-5-6-10(7-9(8)2)11-15-12(14)17-13(16-11)18(3)4/h5-7H,1-4H3. The summed E-state index contributed by atoms with van der Waals surface area (Å²) in [4.78, 5) is 14.4. The molecule has 0 aliphatic rings. The van der Waals surface area contributed by atoms with Crippen molar-refractivity contribution in [2.45, 2.75) is 13.8 Å². The molecule has 0 radical (unpaired) electrons. The second kappa shape index (κ2) is 4.90. The molecule has 0 saturated heterocycles. The van der Waals surface area contributed by atoms with Gasteiger partial charge >= 0.3 is 0 Å². The molecule has 0 aliphatic heterocycles. The lowest BCUT2D eigenvalue weighted by atomic mass is 10.1. The van der Waals surface area contributed by atoms with Crippen LogP contribution in [0.25, 0.3) is 11.4 Å². The van der Waals surface area contributed by atoms with Gasteiger partial charge in [-0.15, -0.1) is 0 Å². The molecule has 0 saturated carbocycles. The molecule has 94 valence electrons. The number of rotatable bonds is 2. The summed E-state index contributed by atoms with van der Waals surface area (Å²) < 4.78 is 0. The normalized spacial score (nSPS) is 10.5. The molecule has 0 atom stereocenters. The molecule has 0 N–H and O–H groups in total. The van der Waals surface area contributed by atoms with Crippen molar-refractivity contribution >= 4 is 17.5 Å². The maximum atomic E-state index is 5.93. The largest absolute Gasteiger partial charge is 0.347 e. The van der Waals surface area contributed by atoms with Gasteiger partial charge < -0.3 is 4.90 Å². The van der Waals surface area contributed by atoms with E-state index in [2.05, 4.69) is 40.9 Å². The van der Waals surface area contributed by atoms with E-state index in [0.29, 0.717) is 11.8 Å². The van der Waals surface area contributed by atoms with Gasteiger partial charge in [0.15, 0.2) is 5.82 Å². The SMILES string of the molecule is Cc1ccc(-c2nc(Cl)nc(N(C)C)n2)cc1C. The highest BCUT2D eigenvalue weighted by atomic mass is 35.5. The number of hydrogen-bond donors (Lipinski definition) is 0. The maximum absolute atomic E-state index is 5.93. The predicted octanol–water partition coefficient (Wildman–Crippen LogP) is 2.87. The van der Waals surface area contributed by atoms with E-state index in [-0.39, 0.29) is 5.28 Å². The van der Waals surface area contributed by atoms with Gasteiger partial charge in [0.25, 0.3) is 0 Å². The summed E-state index contributed by atoms with van der Waals surface area (Å²) in [5.41, 5.74) is 3.40. The summed E-state index contributed by atoms with van der Waals surface area (Å²) >= 11 is 5.93. The molecule has 1 aromatic carbocycles. The highest BCUT2D eigenvalue weighted by Gasteiger charge is 2.09. The van der Waals surface area contributed by atoms with Gasteiger partial charge in [0.05, 0.1) is 0 Å². The number of aryl methyl sites for hydroxylation is 2. The van der Waals surface area contributed by atoms with E-state index in [9.17, 15) is 0 Å². The van der Waals surface area contributed by atoms with E-state index in [1.165, 1.54) is 11.1 Å². The fourth-order valence-corrected chi connectivity index (χ4v) is 1.70. The molecule has 18 heavy (non-hydrogen) atoms. The Hall–Kier alpha value is -1.68. The first-order valence-electron chi connectivity index (χ1n) is 5.64. The van der Waals surface area contributed by atoms with E-state index < -0.39 is 0 Å². The summed E-state index contributed by atoms with van der Waals surface area (Å²) in [7, 11) is 3.74. The van der Waals surface area contributed by atoms with Crippen LogP contribution in [0, 0.1) is 13.8 Å². The third kappa shape index (κ3) is 2.59. The maximum Gasteiger partial charge on any atom is 0.229 e. The Labute approximate surface area is 112 Å². The van der Waals surface area contributed by atoms with E-state index in [0.717, 1.165) is 5.56 Å². The summed E-state index contributed by atoms with van der Waals surface area (Å²) in [5.74, 6) is 1.16. The Bertz CT molecular complexity index is 581. The zero-order chi connectivity index (χ0) is 13.3. The summed E-state index contributed by atoms with van der Waals surface area (Å²) in [5, 5.41) is 0.210. The fraction of sp³-hybridized carbons (Fsp3) is 0.308. The van der Waals surface area contributed by atoms with Crippen molar-refractivity contribution in [1.29, 1.82) is 0 Å². The van der Waals surface area contributed by atoms with Crippen molar-refractivity contribution in [1.82, 2.24) is 15.0 Å². The summed E-state index contributed by atoms with van der Waals surface area (Å²) in [6, 6.07) is 6.10. The van der Waals surface area contributed by atoms with E-state index in [1.54, 1.807) is 4.90 Å². The van der Waals surface area contributed by atoms with Gasteiger partial charge in [-0.25, -0.2) is 0 Å². The van der Waals surface area contributed by atoms with Crippen LogP contribution in [0.2, 0.25) is 5.28 Å². The Morgan fingerprint density at radius 1 is 1.00 bits per heavy atom. The molecular weight excluding hydrogens is 248 g/mol. The Balaban J connectivity index is 2.53. The van der Waals surface area contributed by atoms with Gasteiger partial charge in [-0.2, -0.15) is 15.0 Å². The van der Waals surface area contributed by atoms with Crippen LogP contribution in [-0.2, 0) is 0 Å². The van der Waals surface area contributed by atoms with E-state index in [1.807, 2.05) is 20.2 Å². The van der Waals surface area contributed by atoms with Gasteiger partial charge in [-0.05, 0) is 42.6 Å². The highest BCUT2D eigenvalue weighted by Crippen LogP contribution is 2.21. The van der Waals surface area contributed by atoms with Crippen LogP contribution in [-0.4, -0.2) is 29.0 Å². The monoisotopic (exact) mass is 262 g/mol. The molecular formula is C13H15ClN4. The average molecular weight is 263 g/mol. The third-order valence-corrected chi connectivity index (χ3v) is 2.93. The molecule has 0 spiro atoms. The number of halogens is 1. The Morgan fingerprint density at radius 2 is 1.72 bits per heavy atom. The summed E-state index contributed by atoms with van der Waals surface area (Å²) in [6.07, 6.45) is 0.